The summed E-state index contributed by atoms with van der Waals surface area (Å²) < 4.78 is 12.4. The zero-order chi connectivity index (χ0) is 24.1. The van der Waals surface area contributed by atoms with E-state index in [2.05, 4.69) is 15.2 Å². The summed E-state index contributed by atoms with van der Waals surface area (Å²) in [6.07, 6.45) is 3.17. The van der Waals surface area contributed by atoms with Crippen molar-refractivity contribution in [2.45, 2.75) is 6.04 Å². The van der Waals surface area contributed by atoms with Gasteiger partial charge in [0.05, 0.1) is 31.3 Å². The molecule has 0 saturated carbocycles. The van der Waals surface area contributed by atoms with E-state index in [0.717, 1.165) is 24.4 Å². The number of nitro benzene ring substituents is 1. The second kappa shape index (κ2) is 10.4. The number of benzene rings is 2. The molecule has 0 aliphatic carbocycles. The Balaban J connectivity index is 1.58. The Labute approximate surface area is 197 Å². The minimum atomic E-state index is -0.478. The number of hydrogen-bond acceptors (Lipinski definition) is 8. The van der Waals surface area contributed by atoms with E-state index in [-0.39, 0.29) is 28.9 Å². The van der Waals surface area contributed by atoms with Crippen LogP contribution in [0.2, 0.25) is 0 Å². The van der Waals surface area contributed by atoms with Crippen LogP contribution in [0, 0.1) is 10.1 Å². The van der Waals surface area contributed by atoms with Crippen LogP contribution in [-0.4, -0.2) is 65.1 Å². The van der Waals surface area contributed by atoms with Crippen molar-refractivity contribution in [2.75, 3.05) is 45.3 Å². The first kappa shape index (κ1) is 23.4. The van der Waals surface area contributed by atoms with E-state index in [1.54, 1.807) is 37.1 Å². The third-order valence-electron chi connectivity index (χ3n) is 5.95. The number of nitrogens with zero attached hydrogens (tertiary/aromatic N) is 4. The van der Waals surface area contributed by atoms with E-state index in [9.17, 15) is 14.9 Å². The Kier molecular flexibility index (Phi) is 7.19. The van der Waals surface area contributed by atoms with Gasteiger partial charge in [0, 0.05) is 50.7 Å². The molecule has 0 spiro atoms. The molecule has 1 N–H and O–H groups in total. The molecule has 1 fully saturated rings. The SMILES string of the molecule is COc1ccc(C(CNc2ccc(C(=O)c3nccn3C)cc2[N+](=O)[O-])N2CCOCC2)cc1. The number of ketones is 1. The molecule has 2 aromatic carbocycles. The third-order valence-corrected chi connectivity index (χ3v) is 5.95. The summed E-state index contributed by atoms with van der Waals surface area (Å²) in [5.74, 6) is 0.620. The number of nitro groups is 1. The molecule has 1 saturated heterocycles. The summed E-state index contributed by atoms with van der Waals surface area (Å²) in [6, 6.07) is 12.3. The molecule has 0 radical (unpaired) electrons. The van der Waals surface area contributed by atoms with Gasteiger partial charge in [-0.05, 0) is 29.8 Å². The summed E-state index contributed by atoms with van der Waals surface area (Å²) in [7, 11) is 3.33. The number of carbonyl (C=O) groups is 1. The number of methoxy groups -OCH3 is 1. The molecule has 3 aromatic rings. The quantitative estimate of drug-likeness (QED) is 0.292. The van der Waals surface area contributed by atoms with E-state index >= 15 is 0 Å². The predicted molar refractivity (Wildman–Crippen MR) is 126 cm³/mol. The van der Waals surface area contributed by atoms with Gasteiger partial charge in [-0.15, -0.1) is 0 Å². The maximum Gasteiger partial charge on any atom is 0.293 e. The number of nitrogens with one attached hydrogen (secondary N) is 1. The van der Waals surface area contributed by atoms with Gasteiger partial charge in [-0.1, -0.05) is 12.1 Å². The molecule has 2 heterocycles. The Bertz CT molecular complexity index is 1150. The van der Waals surface area contributed by atoms with E-state index in [1.807, 2.05) is 24.3 Å². The fourth-order valence-electron chi connectivity index (χ4n) is 4.07. The van der Waals surface area contributed by atoms with Gasteiger partial charge in [0.25, 0.3) is 5.69 Å². The zero-order valence-electron chi connectivity index (χ0n) is 19.1. The lowest BCUT2D eigenvalue weighted by molar-refractivity contribution is -0.384. The number of aromatic nitrogens is 2. The summed E-state index contributed by atoms with van der Waals surface area (Å²) in [6.45, 7) is 3.24. The van der Waals surface area contributed by atoms with Crippen molar-refractivity contribution >= 4 is 17.2 Å². The largest absolute Gasteiger partial charge is 0.497 e. The smallest absolute Gasteiger partial charge is 0.293 e. The number of hydrogen-bond donors (Lipinski definition) is 1. The summed E-state index contributed by atoms with van der Waals surface area (Å²) in [4.78, 5) is 30.5. The van der Waals surface area contributed by atoms with Gasteiger partial charge in [-0.25, -0.2) is 4.98 Å². The molecule has 1 aliphatic rings. The highest BCUT2D eigenvalue weighted by atomic mass is 16.6. The van der Waals surface area contributed by atoms with Crippen LogP contribution < -0.4 is 10.1 Å². The fourth-order valence-corrected chi connectivity index (χ4v) is 4.07. The van der Waals surface area contributed by atoms with E-state index in [0.29, 0.717) is 25.4 Å². The number of imidazole rings is 1. The van der Waals surface area contributed by atoms with Gasteiger partial charge in [0.2, 0.25) is 5.78 Å². The maximum atomic E-state index is 12.8. The molecule has 0 bridgehead atoms. The molecule has 1 aromatic heterocycles. The molecule has 4 rings (SSSR count). The lowest BCUT2D eigenvalue weighted by atomic mass is 10.0. The lowest BCUT2D eigenvalue weighted by Crippen LogP contribution is -2.41. The molecule has 1 atom stereocenters. The van der Waals surface area contributed by atoms with E-state index in [4.69, 9.17) is 9.47 Å². The molecule has 10 nitrogen and oxygen atoms in total. The molecule has 1 unspecified atom stereocenters. The first-order chi connectivity index (χ1) is 16.5. The zero-order valence-corrected chi connectivity index (χ0v) is 19.1. The lowest BCUT2D eigenvalue weighted by Gasteiger charge is -2.35. The first-order valence-corrected chi connectivity index (χ1v) is 11.0. The van der Waals surface area contributed by atoms with Gasteiger partial charge in [-0.3, -0.25) is 19.8 Å². The van der Waals surface area contributed by atoms with Crippen molar-refractivity contribution < 1.29 is 19.2 Å². The Morgan fingerprint density at radius 2 is 1.97 bits per heavy atom. The number of morpholine rings is 1. The molecule has 1 aliphatic heterocycles. The molecular weight excluding hydrogens is 438 g/mol. The van der Waals surface area contributed by atoms with Crippen LogP contribution in [0.15, 0.2) is 54.9 Å². The number of ether oxygens (including phenoxy) is 2. The number of anilines is 1. The standard InChI is InChI=1S/C24H27N5O5/c1-27-10-9-25-24(27)23(30)18-5-8-20(21(15-18)29(31)32)26-16-22(28-11-13-34-14-12-28)17-3-6-19(33-2)7-4-17/h3-10,15,22,26H,11-14,16H2,1-2H3. The predicted octanol–water partition coefficient (Wildman–Crippen LogP) is 3.05. The molecule has 0 amide bonds. The topological polar surface area (TPSA) is 112 Å². The van der Waals surface area contributed by atoms with Gasteiger partial charge >= 0.3 is 0 Å². The fraction of sp³-hybridized carbons (Fsp3) is 0.333. The summed E-state index contributed by atoms with van der Waals surface area (Å²) in [5.41, 5.74) is 1.48. The Hall–Kier alpha value is -3.76. The monoisotopic (exact) mass is 465 g/mol. The number of rotatable bonds is 9. The Morgan fingerprint density at radius 1 is 1.24 bits per heavy atom. The van der Waals surface area contributed by atoms with Crippen molar-refractivity contribution in [1.82, 2.24) is 14.5 Å². The van der Waals surface area contributed by atoms with Crippen LogP contribution in [0.5, 0.6) is 5.75 Å². The number of carbonyl (C=O) groups excluding carboxylic acids is 1. The maximum absolute atomic E-state index is 12.8. The average Bonchev–Trinajstić information content (AvgIpc) is 3.30. The summed E-state index contributed by atoms with van der Waals surface area (Å²) >= 11 is 0. The van der Waals surface area contributed by atoms with Crippen LogP contribution in [0.1, 0.15) is 27.8 Å². The van der Waals surface area contributed by atoms with Gasteiger partial charge < -0.3 is 19.4 Å². The molecule has 10 heteroatoms. The van der Waals surface area contributed by atoms with Crippen molar-refractivity contribution in [2.24, 2.45) is 7.05 Å². The van der Waals surface area contributed by atoms with Crippen LogP contribution in [-0.2, 0) is 11.8 Å². The van der Waals surface area contributed by atoms with Crippen molar-refractivity contribution in [3.63, 3.8) is 0 Å². The number of aryl methyl sites for hydroxylation is 1. The van der Waals surface area contributed by atoms with Crippen LogP contribution in [0.4, 0.5) is 11.4 Å². The highest BCUT2D eigenvalue weighted by Gasteiger charge is 2.25. The van der Waals surface area contributed by atoms with Gasteiger partial charge in [-0.2, -0.15) is 0 Å². The second-order valence-electron chi connectivity index (χ2n) is 8.00. The highest BCUT2D eigenvalue weighted by Crippen LogP contribution is 2.29. The second-order valence-corrected chi connectivity index (χ2v) is 8.00. The van der Waals surface area contributed by atoms with Crippen molar-refractivity contribution in [1.29, 1.82) is 0 Å². The molecule has 34 heavy (non-hydrogen) atoms. The third kappa shape index (κ3) is 5.08. The Morgan fingerprint density at radius 3 is 2.59 bits per heavy atom. The van der Waals surface area contributed by atoms with Gasteiger partial charge in [0.15, 0.2) is 5.82 Å². The van der Waals surface area contributed by atoms with E-state index in [1.165, 1.54) is 12.3 Å². The van der Waals surface area contributed by atoms with Crippen molar-refractivity contribution in [3.8, 4) is 5.75 Å². The first-order valence-electron chi connectivity index (χ1n) is 11.0. The van der Waals surface area contributed by atoms with E-state index < -0.39 is 4.92 Å². The van der Waals surface area contributed by atoms with Crippen molar-refractivity contribution in [3.05, 3.63) is 81.9 Å². The molecular formula is C24H27N5O5. The average molecular weight is 466 g/mol. The minimum absolute atomic E-state index is 0.0247. The van der Waals surface area contributed by atoms with Crippen LogP contribution >= 0.6 is 0 Å². The van der Waals surface area contributed by atoms with Gasteiger partial charge in [0.1, 0.15) is 11.4 Å². The van der Waals surface area contributed by atoms with Crippen LogP contribution in [0.3, 0.4) is 0 Å². The summed E-state index contributed by atoms with van der Waals surface area (Å²) in [5, 5.41) is 15.1. The highest BCUT2D eigenvalue weighted by molar-refractivity contribution is 6.07. The normalized spacial score (nSPS) is 15.0. The minimum Gasteiger partial charge on any atom is -0.497 e. The molecule has 178 valence electrons. The van der Waals surface area contributed by atoms with Crippen LogP contribution in [0.25, 0.3) is 0 Å².